The first-order chi connectivity index (χ1) is 7.49. The highest BCUT2D eigenvalue weighted by Gasteiger charge is 2.33. The highest BCUT2D eigenvalue weighted by Crippen LogP contribution is 2.19. The maximum atomic E-state index is 11.2. The van der Waals surface area contributed by atoms with Crippen molar-refractivity contribution in [2.24, 2.45) is 0 Å². The summed E-state index contributed by atoms with van der Waals surface area (Å²) in [4.78, 5) is 11.2. The Bertz CT molecular complexity index is 378. The molecule has 0 fully saturated rings. The minimum absolute atomic E-state index is 0.108. The van der Waals surface area contributed by atoms with E-state index in [-0.39, 0.29) is 6.61 Å². The molecule has 0 saturated heterocycles. The van der Waals surface area contributed by atoms with Crippen molar-refractivity contribution < 1.29 is 14.6 Å². The number of methoxy groups -OCH3 is 1. The highest BCUT2D eigenvalue weighted by molar-refractivity contribution is 5.82. The molecule has 0 aliphatic rings. The van der Waals surface area contributed by atoms with Crippen LogP contribution in [0.5, 0.6) is 0 Å². The Kier molecular flexibility index (Phi) is 3.90. The number of ether oxygens (including phenoxy) is 1. The fraction of sp³-hybridized carbons (Fsp3) is 0.417. The predicted octanol–water partition coefficient (Wildman–Crippen LogP) is 1.90. The van der Waals surface area contributed by atoms with E-state index in [1.807, 2.05) is 31.2 Å². The lowest BCUT2D eigenvalue weighted by molar-refractivity contribution is -0.143. The number of aryl methyl sites for hydroxylation is 1. The van der Waals surface area contributed by atoms with Gasteiger partial charge in [0.2, 0.25) is 0 Å². The van der Waals surface area contributed by atoms with Crippen molar-refractivity contribution in [3.8, 4) is 0 Å². The summed E-state index contributed by atoms with van der Waals surface area (Å²) in [7, 11) is 1.49. The molecule has 1 rings (SSSR count). The van der Waals surface area contributed by atoms with Crippen LogP contribution in [0.1, 0.15) is 12.5 Å². The van der Waals surface area contributed by atoms with Crippen LogP contribution in [0.15, 0.2) is 24.3 Å². The van der Waals surface area contributed by atoms with E-state index in [9.17, 15) is 9.90 Å². The normalized spacial score (nSPS) is 14.2. The quantitative estimate of drug-likeness (QED) is 0.800. The maximum Gasteiger partial charge on any atom is 0.331 e. The Morgan fingerprint density at radius 3 is 2.62 bits per heavy atom. The standard InChI is InChI=1S/C12H17NO3/c1-9-6-4-5-7-10(9)13-12(2,8-16-3)11(14)15/h4-7,13H,8H2,1-3H3,(H,14,15). The second kappa shape index (κ2) is 4.99. The lowest BCUT2D eigenvalue weighted by Crippen LogP contribution is -2.47. The summed E-state index contributed by atoms with van der Waals surface area (Å²) >= 11 is 0. The van der Waals surface area contributed by atoms with Gasteiger partial charge >= 0.3 is 5.97 Å². The molecule has 0 aliphatic heterocycles. The smallest absolute Gasteiger partial charge is 0.331 e. The fourth-order valence-corrected chi connectivity index (χ4v) is 1.45. The summed E-state index contributed by atoms with van der Waals surface area (Å²) in [5, 5.41) is 12.2. The van der Waals surface area contributed by atoms with Crippen LogP contribution in [0.4, 0.5) is 5.69 Å². The lowest BCUT2D eigenvalue weighted by Gasteiger charge is -2.27. The average Bonchev–Trinajstić information content (AvgIpc) is 2.21. The van der Waals surface area contributed by atoms with E-state index in [4.69, 9.17) is 4.74 Å². The van der Waals surface area contributed by atoms with Gasteiger partial charge in [-0.15, -0.1) is 0 Å². The first-order valence-electron chi connectivity index (χ1n) is 5.06. The fourth-order valence-electron chi connectivity index (χ4n) is 1.45. The molecule has 16 heavy (non-hydrogen) atoms. The van der Waals surface area contributed by atoms with Crippen molar-refractivity contribution in [1.29, 1.82) is 0 Å². The SMILES string of the molecule is COCC(C)(Nc1ccccc1C)C(=O)O. The van der Waals surface area contributed by atoms with E-state index in [2.05, 4.69) is 5.32 Å². The minimum atomic E-state index is -1.11. The molecule has 4 nitrogen and oxygen atoms in total. The zero-order chi connectivity index (χ0) is 12.2. The van der Waals surface area contributed by atoms with Crippen LogP contribution in [0.25, 0.3) is 0 Å². The molecule has 0 saturated carbocycles. The van der Waals surface area contributed by atoms with Gasteiger partial charge < -0.3 is 15.2 Å². The molecule has 0 aliphatic carbocycles. The van der Waals surface area contributed by atoms with E-state index in [0.717, 1.165) is 11.3 Å². The van der Waals surface area contributed by atoms with Crippen LogP contribution < -0.4 is 5.32 Å². The van der Waals surface area contributed by atoms with E-state index in [1.165, 1.54) is 7.11 Å². The molecule has 0 spiro atoms. The molecule has 0 aromatic heterocycles. The Hall–Kier alpha value is -1.55. The van der Waals surface area contributed by atoms with Gasteiger partial charge in [-0.1, -0.05) is 18.2 Å². The first-order valence-corrected chi connectivity index (χ1v) is 5.06. The van der Waals surface area contributed by atoms with Crippen LogP contribution in [-0.4, -0.2) is 30.3 Å². The number of benzene rings is 1. The van der Waals surface area contributed by atoms with Crippen LogP contribution in [0.2, 0.25) is 0 Å². The number of carbonyl (C=O) groups is 1. The lowest BCUT2D eigenvalue weighted by atomic mass is 10.0. The molecule has 88 valence electrons. The summed E-state index contributed by atoms with van der Waals surface area (Å²) in [5.41, 5.74) is 0.705. The maximum absolute atomic E-state index is 11.2. The van der Waals surface area contributed by atoms with Crippen molar-refractivity contribution >= 4 is 11.7 Å². The second-order valence-corrected chi connectivity index (χ2v) is 4.01. The van der Waals surface area contributed by atoms with E-state index < -0.39 is 11.5 Å². The summed E-state index contributed by atoms with van der Waals surface area (Å²) in [6.45, 7) is 3.64. The van der Waals surface area contributed by atoms with E-state index >= 15 is 0 Å². The van der Waals surface area contributed by atoms with Crippen LogP contribution >= 0.6 is 0 Å². The molecule has 1 aromatic carbocycles. The Balaban J connectivity index is 2.92. The molecule has 1 atom stereocenters. The summed E-state index contributed by atoms with van der Waals surface area (Å²) in [6.07, 6.45) is 0. The van der Waals surface area contributed by atoms with Crippen molar-refractivity contribution in [3.05, 3.63) is 29.8 Å². The third-order valence-electron chi connectivity index (χ3n) is 2.46. The molecule has 4 heteroatoms. The predicted molar refractivity (Wildman–Crippen MR) is 62.7 cm³/mol. The third kappa shape index (κ3) is 2.73. The number of para-hydroxylation sites is 1. The largest absolute Gasteiger partial charge is 0.479 e. The molecular weight excluding hydrogens is 206 g/mol. The Labute approximate surface area is 95.2 Å². The summed E-state index contributed by atoms with van der Waals surface area (Å²) < 4.78 is 4.94. The van der Waals surface area contributed by atoms with Gasteiger partial charge in [0.05, 0.1) is 6.61 Å². The van der Waals surface area contributed by atoms with Crippen LogP contribution in [-0.2, 0) is 9.53 Å². The van der Waals surface area contributed by atoms with Crippen LogP contribution in [0.3, 0.4) is 0 Å². The number of rotatable bonds is 5. The zero-order valence-electron chi connectivity index (χ0n) is 9.78. The monoisotopic (exact) mass is 223 g/mol. The molecule has 0 radical (unpaired) electrons. The van der Waals surface area contributed by atoms with Crippen LogP contribution in [0, 0.1) is 6.92 Å². The first kappa shape index (κ1) is 12.5. The number of aliphatic carboxylic acids is 1. The van der Waals surface area contributed by atoms with Gasteiger partial charge in [-0.25, -0.2) is 4.79 Å². The topological polar surface area (TPSA) is 58.6 Å². The van der Waals surface area contributed by atoms with Crippen molar-refractivity contribution in [3.63, 3.8) is 0 Å². The average molecular weight is 223 g/mol. The second-order valence-electron chi connectivity index (χ2n) is 4.01. The van der Waals surface area contributed by atoms with Crippen molar-refractivity contribution in [2.45, 2.75) is 19.4 Å². The molecule has 0 bridgehead atoms. The number of hydrogen-bond acceptors (Lipinski definition) is 3. The van der Waals surface area contributed by atoms with Gasteiger partial charge in [0.25, 0.3) is 0 Å². The number of carboxylic acid groups (broad SMARTS) is 1. The molecule has 1 aromatic rings. The molecule has 0 heterocycles. The third-order valence-corrected chi connectivity index (χ3v) is 2.46. The highest BCUT2D eigenvalue weighted by atomic mass is 16.5. The van der Waals surface area contributed by atoms with Gasteiger partial charge in [-0.05, 0) is 25.5 Å². The molecular formula is C12H17NO3. The van der Waals surface area contributed by atoms with Gasteiger partial charge in [-0.2, -0.15) is 0 Å². The summed E-state index contributed by atoms with van der Waals surface area (Å²) in [5.74, 6) is -0.933. The van der Waals surface area contributed by atoms with E-state index in [1.54, 1.807) is 6.92 Å². The van der Waals surface area contributed by atoms with Gasteiger partial charge in [0, 0.05) is 12.8 Å². The van der Waals surface area contributed by atoms with Gasteiger partial charge in [0.1, 0.15) is 0 Å². The minimum Gasteiger partial charge on any atom is -0.479 e. The van der Waals surface area contributed by atoms with Crippen molar-refractivity contribution in [1.82, 2.24) is 0 Å². The number of anilines is 1. The molecule has 0 amide bonds. The molecule has 2 N–H and O–H groups in total. The summed E-state index contributed by atoms with van der Waals surface area (Å²) in [6, 6.07) is 7.56. The number of carboxylic acids is 1. The van der Waals surface area contributed by atoms with Gasteiger partial charge in [0.15, 0.2) is 5.54 Å². The number of nitrogens with one attached hydrogen (secondary N) is 1. The Morgan fingerprint density at radius 1 is 1.50 bits per heavy atom. The van der Waals surface area contributed by atoms with E-state index in [0.29, 0.717) is 0 Å². The van der Waals surface area contributed by atoms with Crippen molar-refractivity contribution in [2.75, 3.05) is 19.0 Å². The Morgan fingerprint density at radius 2 is 2.12 bits per heavy atom. The zero-order valence-corrected chi connectivity index (χ0v) is 9.78. The molecule has 1 unspecified atom stereocenters. The number of hydrogen-bond donors (Lipinski definition) is 2. The van der Waals surface area contributed by atoms with Gasteiger partial charge in [-0.3, -0.25) is 0 Å².